The number of aryl methyl sites for hydroxylation is 1. The molecule has 0 saturated heterocycles. The standard InChI is InChI=1S/C11H12N2O2/c1-6-3-8(15)4-9-10(13-7(2)14)5-12-11(6)9/h3-5,12,15H,1-2H3,(H,13,14). The Morgan fingerprint density at radius 3 is 2.87 bits per heavy atom. The lowest BCUT2D eigenvalue weighted by atomic mass is 10.1. The molecule has 2 aromatic rings. The number of hydrogen-bond donors (Lipinski definition) is 3. The van der Waals surface area contributed by atoms with E-state index < -0.39 is 0 Å². The Labute approximate surface area is 86.9 Å². The Morgan fingerprint density at radius 1 is 1.47 bits per heavy atom. The van der Waals surface area contributed by atoms with Crippen LogP contribution in [-0.4, -0.2) is 16.0 Å². The van der Waals surface area contributed by atoms with Gasteiger partial charge in [0.25, 0.3) is 0 Å². The van der Waals surface area contributed by atoms with Crippen LogP contribution in [0.4, 0.5) is 5.69 Å². The second-order valence-corrected chi connectivity index (χ2v) is 3.57. The number of rotatable bonds is 1. The molecule has 1 heterocycles. The fraction of sp³-hybridized carbons (Fsp3) is 0.182. The molecular weight excluding hydrogens is 192 g/mol. The van der Waals surface area contributed by atoms with E-state index in [1.165, 1.54) is 6.92 Å². The van der Waals surface area contributed by atoms with Gasteiger partial charge in [-0.2, -0.15) is 0 Å². The highest BCUT2D eigenvalue weighted by Crippen LogP contribution is 2.29. The number of phenols is 1. The first-order chi connectivity index (χ1) is 7.08. The minimum atomic E-state index is -0.128. The van der Waals surface area contributed by atoms with Gasteiger partial charge in [0.05, 0.1) is 11.2 Å². The van der Waals surface area contributed by atoms with E-state index in [1.54, 1.807) is 18.3 Å². The highest BCUT2D eigenvalue weighted by molar-refractivity contribution is 6.02. The van der Waals surface area contributed by atoms with Crippen LogP contribution < -0.4 is 5.32 Å². The topological polar surface area (TPSA) is 65.1 Å². The summed E-state index contributed by atoms with van der Waals surface area (Å²) in [6.07, 6.45) is 1.72. The second kappa shape index (κ2) is 3.31. The molecule has 4 nitrogen and oxygen atoms in total. The summed E-state index contributed by atoms with van der Waals surface area (Å²) >= 11 is 0. The molecule has 0 bridgehead atoms. The van der Waals surface area contributed by atoms with Crippen LogP contribution >= 0.6 is 0 Å². The second-order valence-electron chi connectivity index (χ2n) is 3.57. The SMILES string of the molecule is CC(=O)Nc1c[nH]c2c(C)cc(O)cc12. The molecule has 0 aliphatic carbocycles. The lowest BCUT2D eigenvalue weighted by Gasteiger charge is -2.01. The van der Waals surface area contributed by atoms with E-state index in [0.717, 1.165) is 16.5 Å². The number of phenolic OH excluding ortho intramolecular Hbond substituents is 1. The average Bonchev–Trinajstić information content (AvgIpc) is 2.48. The molecule has 15 heavy (non-hydrogen) atoms. The maximum absolute atomic E-state index is 10.9. The fourth-order valence-electron chi connectivity index (χ4n) is 1.69. The molecule has 0 saturated carbocycles. The zero-order chi connectivity index (χ0) is 11.0. The molecule has 0 fully saturated rings. The minimum Gasteiger partial charge on any atom is -0.508 e. The van der Waals surface area contributed by atoms with Crippen molar-refractivity contribution in [1.82, 2.24) is 4.98 Å². The van der Waals surface area contributed by atoms with Crippen molar-refractivity contribution in [2.75, 3.05) is 5.32 Å². The first-order valence-electron chi connectivity index (χ1n) is 4.66. The van der Waals surface area contributed by atoms with E-state index in [-0.39, 0.29) is 11.7 Å². The molecule has 4 heteroatoms. The van der Waals surface area contributed by atoms with Gasteiger partial charge in [0.2, 0.25) is 5.91 Å². The van der Waals surface area contributed by atoms with Gasteiger partial charge < -0.3 is 15.4 Å². The zero-order valence-electron chi connectivity index (χ0n) is 8.59. The van der Waals surface area contributed by atoms with E-state index in [0.29, 0.717) is 5.69 Å². The van der Waals surface area contributed by atoms with Gasteiger partial charge in [0, 0.05) is 18.5 Å². The number of benzene rings is 1. The van der Waals surface area contributed by atoms with Crippen molar-refractivity contribution in [2.24, 2.45) is 0 Å². The number of fused-ring (bicyclic) bond motifs is 1. The highest BCUT2D eigenvalue weighted by atomic mass is 16.3. The highest BCUT2D eigenvalue weighted by Gasteiger charge is 2.07. The monoisotopic (exact) mass is 204 g/mol. The molecular formula is C11H12N2O2. The number of nitrogens with one attached hydrogen (secondary N) is 2. The van der Waals surface area contributed by atoms with Gasteiger partial charge in [-0.15, -0.1) is 0 Å². The van der Waals surface area contributed by atoms with Gasteiger partial charge in [-0.3, -0.25) is 4.79 Å². The summed E-state index contributed by atoms with van der Waals surface area (Å²) in [4.78, 5) is 14.0. The molecule has 0 aliphatic rings. The number of carbonyl (C=O) groups excluding carboxylic acids is 1. The molecule has 1 aromatic heterocycles. The van der Waals surface area contributed by atoms with Gasteiger partial charge in [0.1, 0.15) is 5.75 Å². The third kappa shape index (κ3) is 1.66. The van der Waals surface area contributed by atoms with Gasteiger partial charge >= 0.3 is 0 Å². The maximum Gasteiger partial charge on any atom is 0.221 e. The summed E-state index contributed by atoms with van der Waals surface area (Å²) in [5, 5.41) is 13.0. The zero-order valence-corrected chi connectivity index (χ0v) is 8.59. The van der Waals surface area contributed by atoms with Gasteiger partial charge in [-0.05, 0) is 24.6 Å². The van der Waals surface area contributed by atoms with Crippen molar-refractivity contribution < 1.29 is 9.90 Å². The van der Waals surface area contributed by atoms with E-state index in [1.807, 2.05) is 6.92 Å². The van der Waals surface area contributed by atoms with Gasteiger partial charge in [0.15, 0.2) is 0 Å². The quantitative estimate of drug-likeness (QED) is 0.666. The molecule has 0 unspecified atom stereocenters. The molecule has 1 aromatic carbocycles. The van der Waals surface area contributed by atoms with Crippen LogP contribution in [0.5, 0.6) is 5.75 Å². The molecule has 0 atom stereocenters. The van der Waals surface area contributed by atoms with E-state index in [9.17, 15) is 9.90 Å². The number of anilines is 1. The molecule has 0 aliphatic heterocycles. The number of amides is 1. The summed E-state index contributed by atoms with van der Waals surface area (Å²) in [5.74, 6) is 0.0723. The Kier molecular flexibility index (Phi) is 2.11. The van der Waals surface area contributed by atoms with Crippen LogP contribution in [-0.2, 0) is 4.79 Å². The number of aromatic amines is 1. The summed E-state index contributed by atoms with van der Waals surface area (Å²) in [7, 11) is 0. The molecule has 2 rings (SSSR count). The lowest BCUT2D eigenvalue weighted by molar-refractivity contribution is -0.114. The summed E-state index contributed by atoms with van der Waals surface area (Å²) in [6.45, 7) is 3.35. The van der Waals surface area contributed by atoms with Crippen molar-refractivity contribution in [3.8, 4) is 5.75 Å². The van der Waals surface area contributed by atoms with Crippen molar-refractivity contribution in [2.45, 2.75) is 13.8 Å². The fourth-order valence-corrected chi connectivity index (χ4v) is 1.69. The molecule has 0 radical (unpaired) electrons. The maximum atomic E-state index is 10.9. The first kappa shape index (κ1) is 9.58. The summed E-state index contributed by atoms with van der Waals surface area (Å²) < 4.78 is 0. The normalized spacial score (nSPS) is 10.5. The largest absolute Gasteiger partial charge is 0.508 e. The van der Waals surface area contributed by atoms with Crippen molar-refractivity contribution in [3.05, 3.63) is 23.9 Å². The van der Waals surface area contributed by atoms with E-state index >= 15 is 0 Å². The van der Waals surface area contributed by atoms with Crippen LogP contribution in [0.25, 0.3) is 10.9 Å². The van der Waals surface area contributed by atoms with Crippen molar-refractivity contribution >= 4 is 22.5 Å². The third-order valence-corrected chi connectivity index (χ3v) is 2.28. The number of aromatic nitrogens is 1. The van der Waals surface area contributed by atoms with Crippen LogP contribution in [0.1, 0.15) is 12.5 Å². The summed E-state index contributed by atoms with van der Waals surface area (Å²) in [5.41, 5.74) is 2.56. The molecule has 1 amide bonds. The molecule has 0 spiro atoms. The number of H-pyrrole nitrogens is 1. The van der Waals surface area contributed by atoms with Crippen LogP contribution in [0.15, 0.2) is 18.3 Å². The predicted octanol–water partition coefficient (Wildman–Crippen LogP) is 2.14. The smallest absolute Gasteiger partial charge is 0.221 e. The lowest BCUT2D eigenvalue weighted by Crippen LogP contribution is -2.04. The summed E-state index contributed by atoms with van der Waals surface area (Å²) in [6, 6.07) is 3.31. The Bertz CT molecular complexity index is 529. The number of aromatic hydroxyl groups is 1. The van der Waals surface area contributed by atoms with Crippen molar-refractivity contribution in [1.29, 1.82) is 0 Å². The Balaban J connectivity index is 2.63. The van der Waals surface area contributed by atoms with Gasteiger partial charge in [-0.25, -0.2) is 0 Å². The molecule has 3 N–H and O–H groups in total. The number of hydrogen-bond acceptors (Lipinski definition) is 2. The minimum absolute atomic E-state index is 0.128. The Hall–Kier alpha value is -1.97. The average molecular weight is 204 g/mol. The van der Waals surface area contributed by atoms with E-state index in [2.05, 4.69) is 10.3 Å². The predicted molar refractivity (Wildman–Crippen MR) is 59.0 cm³/mol. The van der Waals surface area contributed by atoms with Crippen LogP contribution in [0.2, 0.25) is 0 Å². The molecule has 78 valence electrons. The van der Waals surface area contributed by atoms with Crippen LogP contribution in [0, 0.1) is 6.92 Å². The Morgan fingerprint density at radius 2 is 2.20 bits per heavy atom. The number of carbonyl (C=O) groups is 1. The third-order valence-electron chi connectivity index (χ3n) is 2.28. The van der Waals surface area contributed by atoms with Crippen molar-refractivity contribution in [3.63, 3.8) is 0 Å². The first-order valence-corrected chi connectivity index (χ1v) is 4.66. The van der Waals surface area contributed by atoms with Gasteiger partial charge in [-0.1, -0.05) is 0 Å². The van der Waals surface area contributed by atoms with Crippen LogP contribution in [0.3, 0.4) is 0 Å². The van der Waals surface area contributed by atoms with E-state index in [4.69, 9.17) is 0 Å².